The molecular formula is C40H32N4O4. The second-order valence-electron chi connectivity index (χ2n) is 12.2. The van der Waals surface area contributed by atoms with Crippen LogP contribution in [0, 0.1) is 0 Å². The van der Waals surface area contributed by atoms with Crippen LogP contribution in [0.1, 0.15) is 77.8 Å². The Morgan fingerprint density at radius 2 is 0.750 bits per heavy atom. The Balaban J connectivity index is 1.19. The van der Waals surface area contributed by atoms with E-state index in [0.717, 1.165) is 11.1 Å². The van der Waals surface area contributed by atoms with Gasteiger partial charge in [-0.3, -0.25) is 9.97 Å². The summed E-state index contributed by atoms with van der Waals surface area (Å²) in [7, 11) is 0. The van der Waals surface area contributed by atoms with Crippen molar-refractivity contribution in [2.24, 2.45) is 0 Å². The number of carbonyl (C=O) groups is 2. The molecule has 1 saturated carbocycles. The van der Waals surface area contributed by atoms with Crippen LogP contribution in [-0.2, 0) is 13.1 Å². The number of benzene rings is 2. The Hall–Kier alpha value is -6.02. The molecular weight excluding hydrogens is 600 g/mol. The van der Waals surface area contributed by atoms with Crippen molar-refractivity contribution in [2.75, 3.05) is 0 Å². The van der Waals surface area contributed by atoms with Crippen molar-refractivity contribution in [1.29, 1.82) is 0 Å². The summed E-state index contributed by atoms with van der Waals surface area (Å²) in [5.74, 6) is -1.55. The van der Waals surface area contributed by atoms with Gasteiger partial charge in [-0.05, 0) is 81.3 Å². The summed E-state index contributed by atoms with van der Waals surface area (Å²) in [5, 5.41) is 22.3. The largest absolute Gasteiger partial charge is 0.545 e. The van der Waals surface area contributed by atoms with Gasteiger partial charge in [0.25, 0.3) is 0 Å². The van der Waals surface area contributed by atoms with Crippen molar-refractivity contribution in [2.45, 2.75) is 36.8 Å². The SMILES string of the molecule is O=C([O-])c1ccc(C[n+]2ccc(C3C(c4ccncc4)C(c4cc[n+](Cc5ccc(C(=O)[O-])cc5)cc4)C3c3ccncc3)cc2)cc1. The fourth-order valence-electron chi connectivity index (χ4n) is 7.09. The molecule has 0 atom stereocenters. The molecule has 236 valence electrons. The van der Waals surface area contributed by atoms with Crippen molar-refractivity contribution < 1.29 is 28.9 Å². The van der Waals surface area contributed by atoms with E-state index >= 15 is 0 Å². The van der Waals surface area contributed by atoms with E-state index in [-0.39, 0.29) is 34.8 Å². The van der Waals surface area contributed by atoms with E-state index in [9.17, 15) is 19.8 Å². The Morgan fingerprint density at radius 3 is 1.04 bits per heavy atom. The van der Waals surface area contributed by atoms with E-state index in [4.69, 9.17) is 0 Å². The number of rotatable bonds is 10. The van der Waals surface area contributed by atoms with Crippen LogP contribution in [0.5, 0.6) is 0 Å². The number of aromatic nitrogens is 4. The number of hydrogen-bond donors (Lipinski definition) is 0. The Labute approximate surface area is 278 Å². The van der Waals surface area contributed by atoms with Gasteiger partial charge in [0.05, 0.1) is 11.9 Å². The lowest BCUT2D eigenvalue weighted by atomic mass is 9.49. The molecule has 0 radical (unpaired) electrons. The summed E-state index contributed by atoms with van der Waals surface area (Å²) in [6, 6.07) is 30.8. The summed E-state index contributed by atoms with van der Waals surface area (Å²) in [4.78, 5) is 30.9. The summed E-state index contributed by atoms with van der Waals surface area (Å²) >= 11 is 0. The molecule has 0 amide bonds. The van der Waals surface area contributed by atoms with Crippen LogP contribution in [0.2, 0.25) is 0 Å². The van der Waals surface area contributed by atoms with Crippen LogP contribution in [0.4, 0.5) is 0 Å². The highest BCUT2D eigenvalue weighted by atomic mass is 16.4. The number of carboxylic acids is 2. The zero-order valence-electron chi connectivity index (χ0n) is 26.0. The molecule has 0 bridgehead atoms. The van der Waals surface area contributed by atoms with Crippen molar-refractivity contribution in [3.05, 3.63) is 191 Å². The van der Waals surface area contributed by atoms with E-state index in [0.29, 0.717) is 13.1 Å². The van der Waals surface area contributed by atoms with Gasteiger partial charge in [0.15, 0.2) is 37.9 Å². The Morgan fingerprint density at radius 1 is 0.458 bits per heavy atom. The maximum Gasteiger partial charge on any atom is 0.173 e. The number of nitrogens with zero attached hydrogens (tertiary/aromatic N) is 4. The fraction of sp³-hybridized carbons (Fsp3) is 0.150. The minimum absolute atomic E-state index is 0.168. The number of aromatic carboxylic acids is 2. The van der Waals surface area contributed by atoms with Gasteiger partial charge in [-0.15, -0.1) is 0 Å². The average molecular weight is 633 g/mol. The number of carbonyl (C=O) groups excluding carboxylic acids is 2. The average Bonchev–Trinajstić information content (AvgIpc) is 3.11. The zero-order chi connectivity index (χ0) is 33.0. The monoisotopic (exact) mass is 632 g/mol. The van der Waals surface area contributed by atoms with Crippen LogP contribution in [-0.4, -0.2) is 21.9 Å². The van der Waals surface area contributed by atoms with Gasteiger partial charge in [-0.2, -0.15) is 0 Å². The van der Waals surface area contributed by atoms with Crippen LogP contribution >= 0.6 is 0 Å². The molecule has 6 aromatic rings. The van der Waals surface area contributed by atoms with E-state index in [1.54, 1.807) is 24.3 Å². The molecule has 0 aliphatic heterocycles. The van der Waals surface area contributed by atoms with Crippen LogP contribution in [0.3, 0.4) is 0 Å². The molecule has 0 spiro atoms. The maximum absolute atomic E-state index is 11.1. The van der Waals surface area contributed by atoms with Crippen molar-refractivity contribution in [1.82, 2.24) is 9.97 Å². The highest BCUT2D eigenvalue weighted by molar-refractivity contribution is 5.86. The van der Waals surface area contributed by atoms with Crippen molar-refractivity contribution >= 4 is 11.9 Å². The third kappa shape index (κ3) is 6.33. The standard InChI is InChI=1S/C40H32N4O4/c45-39(46)33-5-1-27(2-6-33)25-43-21-13-31(14-22-43)37-35(29-9-17-41-18-10-29)38(36(37)30-11-19-42-20-12-30)32-15-23-44(24-16-32)26-28-3-7-34(8-4-28)40(47)48/h1-24,35-38H,25-26H2. The molecule has 0 saturated heterocycles. The molecule has 8 heteroatoms. The third-order valence-corrected chi connectivity index (χ3v) is 9.44. The molecule has 48 heavy (non-hydrogen) atoms. The van der Waals surface area contributed by atoms with Gasteiger partial charge < -0.3 is 19.8 Å². The Bertz CT molecular complexity index is 1860. The van der Waals surface area contributed by atoms with E-state index in [2.05, 4.69) is 92.4 Å². The van der Waals surface area contributed by atoms with Gasteiger partial charge in [0.1, 0.15) is 0 Å². The smallest absolute Gasteiger partial charge is 0.173 e. The molecule has 1 aliphatic carbocycles. The molecule has 7 rings (SSSR count). The van der Waals surface area contributed by atoms with E-state index in [1.807, 2.05) is 49.1 Å². The van der Waals surface area contributed by atoms with Crippen molar-refractivity contribution in [3.8, 4) is 0 Å². The van der Waals surface area contributed by atoms with Crippen LogP contribution < -0.4 is 19.3 Å². The molecule has 2 aromatic carbocycles. The first-order chi connectivity index (χ1) is 23.4. The molecule has 8 nitrogen and oxygen atoms in total. The molecule has 1 fully saturated rings. The first kappa shape index (κ1) is 30.6. The maximum atomic E-state index is 11.1. The second kappa shape index (κ2) is 13.4. The van der Waals surface area contributed by atoms with Gasteiger partial charge in [0.2, 0.25) is 0 Å². The van der Waals surface area contributed by atoms with Crippen molar-refractivity contribution in [3.63, 3.8) is 0 Å². The minimum Gasteiger partial charge on any atom is -0.545 e. The lowest BCUT2D eigenvalue weighted by Crippen LogP contribution is -2.41. The fourth-order valence-corrected chi connectivity index (χ4v) is 7.09. The predicted molar refractivity (Wildman–Crippen MR) is 172 cm³/mol. The molecule has 0 unspecified atom stereocenters. The van der Waals surface area contributed by atoms with Crippen LogP contribution in [0.25, 0.3) is 0 Å². The van der Waals surface area contributed by atoms with Gasteiger partial charge in [-0.1, -0.05) is 48.5 Å². The molecule has 4 heterocycles. The zero-order valence-corrected chi connectivity index (χ0v) is 26.0. The third-order valence-electron chi connectivity index (χ3n) is 9.44. The first-order valence-electron chi connectivity index (χ1n) is 15.8. The quantitative estimate of drug-likeness (QED) is 0.214. The topological polar surface area (TPSA) is 114 Å². The molecule has 4 aromatic heterocycles. The molecule has 1 aliphatic rings. The highest BCUT2D eigenvalue weighted by Gasteiger charge is 2.53. The summed E-state index contributed by atoms with van der Waals surface area (Å²) in [5.41, 5.74) is 7.29. The summed E-state index contributed by atoms with van der Waals surface area (Å²) < 4.78 is 4.19. The van der Waals surface area contributed by atoms with Gasteiger partial charge in [-0.25, -0.2) is 9.13 Å². The van der Waals surface area contributed by atoms with Gasteiger partial charge in [0, 0.05) is 60.2 Å². The lowest BCUT2D eigenvalue weighted by Gasteiger charge is -2.53. The van der Waals surface area contributed by atoms with E-state index < -0.39 is 11.9 Å². The predicted octanol–water partition coefficient (Wildman–Crippen LogP) is 3.32. The summed E-state index contributed by atoms with van der Waals surface area (Å²) in [6.45, 7) is 1.24. The lowest BCUT2D eigenvalue weighted by molar-refractivity contribution is -0.688. The normalized spacial score (nSPS) is 18.5. The summed E-state index contributed by atoms with van der Waals surface area (Å²) in [6.07, 6.45) is 15.8. The second-order valence-corrected chi connectivity index (χ2v) is 12.2. The van der Waals surface area contributed by atoms with Crippen LogP contribution in [0.15, 0.2) is 147 Å². The number of pyridine rings is 4. The highest BCUT2D eigenvalue weighted by Crippen LogP contribution is 2.66. The van der Waals surface area contributed by atoms with Gasteiger partial charge >= 0.3 is 0 Å². The minimum atomic E-state index is -1.18. The first-order valence-corrected chi connectivity index (χ1v) is 15.8. The van der Waals surface area contributed by atoms with E-state index in [1.165, 1.54) is 22.3 Å². The number of hydrogen-bond acceptors (Lipinski definition) is 6. The Kier molecular flexibility index (Phi) is 8.53. The number of carboxylic acid groups (broad SMARTS) is 2. The molecule has 0 N–H and O–H groups in total.